The van der Waals surface area contributed by atoms with Crippen LogP contribution in [0.1, 0.15) is 22.4 Å². The van der Waals surface area contributed by atoms with Gasteiger partial charge in [-0.2, -0.15) is 0 Å². The second kappa shape index (κ2) is 14.0. The van der Waals surface area contributed by atoms with Crippen LogP contribution in [0.4, 0.5) is 17.1 Å². The molecule has 3 aromatic heterocycles. The molecule has 0 aliphatic heterocycles. The summed E-state index contributed by atoms with van der Waals surface area (Å²) in [4.78, 5) is 3.80. The van der Waals surface area contributed by atoms with Gasteiger partial charge >= 0.3 is 0 Å². The molecule has 0 radical (unpaired) electrons. The fraction of sp³-hybridized carbons (Fsp3) is 0.0345. The minimum absolute atomic E-state index is 0.887. The summed E-state index contributed by atoms with van der Waals surface area (Å²) in [6.07, 6.45) is 4.56. The predicted molar refractivity (Wildman–Crippen MR) is 261 cm³/mol. The van der Waals surface area contributed by atoms with Gasteiger partial charge in [0.05, 0.1) is 5.69 Å². The number of thiophene rings is 1. The fourth-order valence-corrected chi connectivity index (χ4v) is 11.1. The molecule has 4 heteroatoms. The number of anilines is 3. The van der Waals surface area contributed by atoms with E-state index in [9.17, 15) is 0 Å². The first-order chi connectivity index (χ1) is 30.7. The molecule has 0 saturated carbocycles. The van der Waals surface area contributed by atoms with Crippen molar-refractivity contribution in [2.75, 3.05) is 4.90 Å². The Labute approximate surface area is 362 Å². The Bertz CT molecular complexity index is 3750. The first-order valence-corrected chi connectivity index (χ1v) is 22.1. The number of furan rings is 2. The Balaban J connectivity index is 0.948. The van der Waals surface area contributed by atoms with Crippen molar-refractivity contribution < 1.29 is 8.83 Å². The predicted octanol–water partition coefficient (Wildman–Crippen LogP) is 17.0. The third kappa shape index (κ3) is 5.57. The number of allylic oxidation sites excluding steroid dienone is 1. The minimum Gasteiger partial charge on any atom is -0.456 e. The highest BCUT2D eigenvalue weighted by molar-refractivity contribution is 7.20. The van der Waals surface area contributed by atoms with Crippen LogP contribution in [0.5, 0.6) is 0 Å². The van der Waals surface area contributed by atoms with Gasteiger partial charge in [0.25, 0.3) is 0 Å². The molecule has 0 saturated heterocycles. The third-order valence-electron chi connectivity index (χ3n) is 12.8. The van der Waals surface area contributed by atoms with E-state index in [4.69, 9.17) is 8.83 Å². The quantitative estimate of drug-likeness (QED) is 0.168. The highest BCUT2D eigenvalue weighted by Gasteiger charge is 2.22. The second-order valence-corrected chi connectivity index (χ2v) is 17.3. The van der Waals surface area contributed by atoms with E-state index in [1.165, 1.54) is 42.4 Å². The van der Waals surface area contributed by atoms with Crippen LogP contribution in [0.15, 0.2) is 209 Å². The van der Waals surface area contributed by atoms with Crippen molar-refractivity contribution in [1.82, 2.24) is 0 Å². The first kappa shape index (κ1) is 35.1. The average molecular weight is 812 g/mol. The SMILES string of the molecule is C1=C(c2ccc(N(c3ccc(-c4cccc5c4oc4ccccc45)cc3)c3ccccc3-c3ccc4oc5cc6ccccc6cc5c4c3)cc2)c2sc3ccccc3c2CC1. The maximum Gasteiger partial charge on any atom is 0.143 e. The normalized spacial score (nSPS) is 12.8. The highest BCUT2D eigenvalue weighted by atomic mass is 32.1. The summed E-state index contributed by atoms with van der Waals surface area (Å²) in [5, 5.41) is 8.27. The van der Waals surface area contributed by atoms with Crippen LogP contribution in [-0.2, 0) is 6.42 Å². The second-order valence-electron chi connectivity index (χ2n) is 16.3. The third-order valence-corrected chi connectivity index (χ3v) is 14.0. The smallest absolute Gasteiger partial charge is 0.143 e. The topological polar surface area (TPSA) is 29.5 Å². The number of rotatable bonds is 6. The number of nitrogens with zero attached hydrogens (tertiary/aromatic N) is 1. The molecule has 12 aromatic rings. The lowest BCUT2D eigenvalue weighted by Crippen LogP contribution is -2.11. The Morgan fingerprint density at radius 3 is 1.94 bits per heavy atom. The number of hydrogen-bond acceptors (Lipinski definition) is 4. The van der Waals surface area contributed by atoms with Crippen LogP contribution in [0.3, 0.4) is 0 Å². The van der Waals surface area contributed by atoms with Crippen molar-refractivity contribution in [2.24, 2.45) is 0 Å². The zero-order valence-corrected chi connectivity index (χ0v) is 34.5. The molecule has 0 atom stereocenters. The van der Waals surface area contributed by atoms with Crippen LogP contribution in [0.2, 0.25) is 0 Å². The monoisotopic (exact) mass is 811 g/mol. The van der Waals surface area contributed by atoms with Gasteiger partial charge in [-0.05, 0) is 124 Å². The van der Waals surface area contributed by atoms with E-state index in [1.807, 2.05) is 23.5 Å². The minimum atomic E-state index is 0.887. The molecule has 3 heterocycles. The summed E-state index contributed by atoms with van der Waals surface area (Å²) in [6.45, 7) is 0. The van der Waals surface area contributed by atoms with Gasteiger partial charge in [0.15, 0.2) is 0 Å². The lowest BCUT2D eigenvalue weighted by Gasteiger charge is -2.28. The molecule has 13 rings (SSSR count). The Morgan fingerprint density at radius 1 is 0.435 bits per heavy atom. The van der Waals surface area contributed by atoms with E-state index < -0.39 is 0 Å². The highest BCUT2D eigenvalue weighted by Crippen LogP contribution is 2.46. The van der Waals surface area contributed by atoms with Gasteiger partial charge in [0.1, 0.15) is 22.3 Å². The van der Waals surface area contributed by atoms with E-state index in [-0.39, 0.29) is 0 Å². The maximum absolute atomic E-state index is 6.47. The lowest BCUT2D eigenvalue weighted by atomic mass is 9.91. The zero-order chi connectivity index (χ0) is 40.7. The van der Waals surface area contributed by atoms with E-state index in [0.717, 1.165) is 96.0 Å². The first-order valence-electron chi connectivity index (χ1n) is 21.3. The molecule has 0 spiro atoms. The van der Waals surface area contributed by atoms with Crippen LogP contribution in [-0.4, -0.2) is 0 Å². The zero-order valence-electron chi connectivity index (χ0n) is 33.6. The van der Waals surface area contributed by atoms with Gasteiger partial charge in [-0.15, -0.1) is 11.3 Å². The van der Waals surface area contributed by atoms with E-state index in [1.54, 1.807) is 0 Å². The average Bonchev–Trinajstić information content (AvgIpc) is 4.02. The van der Waals surface area contributed by atoms with Crippen molar-refractivity contribution in [1.29, 1.82) is 0 Å². The van der Waals surface area contributed by atoms with Crippen LogP contribution >= 0.6 is 11.3 Å². The molecule has 3 nitrogen and oxygen atoms in total. The van der Waals surface area contributed by atoms with Crippen LogP contribution in [0, 0.1) is 0 Å². The van der Waals surface area contributed by atoms with Crippen LogP contribution < -0.4 is 4.90 Å². The maximum atomic E-state index is 6.47. The molecule has 1 aliphatic rings. The number of para-hydroxylation sites is 3. The molecule has 0 N–H and O–H groups in total. The fourth-order valence-electron chi connectivity index (χ4n) is 9.79. The summed E-state index contributed by atoms with van der Waals surface area (Å²) >= 11 is 1.92. The van der Waals surface area contributed by atoms with Crippen molar-refractivity contribution in [3.05, 3.63) is 216 Å². The molecule has 0 fully saturated rings. The van der Waals surface area contributed by atoms with E-state index in [0.29, 0.717) is 0 Å². The van der Waals surface area contributed by atoms with Gasteiger partial charge in [0.2, 0.25) is 0 Å². The van der Waals surface area contributed by atoms with Gasteiger partial charge in [0, 0.05) is 53.6 Å². The standard InChI is InChI=1S/C58H37NO2S/c1-2-12-39-35-55-51(33-38(39)11-1)50-34-40(27-32-54(50)60-55)43-13-3-6-20-52(43)59(41-28-23-36(24-29-41)44-16-9-18-48-46-14-4-7-21-53(46)61-57(44)48)42-30-25-37(26-31-42)45-17-10-19-49-47-15-5-8-22-56(47)62-58(45)49/h1-9,11-18,20-35H,10,19H2. The summed E-state index contributed by atoms with van der Waals surface area (Å²) in [5.41, 5.74) is 15.4. The lowest BCUT2D eigenvalue weighted by molar-refractivity contribution is 0.669. The van der Waals surface area contributed by atoms with Crippen molar-refractivity contribution in [3.8, 4) is 22.3 Å². The van der Waals surface area contributed by atoms with Crippen molar-refractivity contribution >= 4 is 98.7 Å². The van der Waals surface area contributed by atoms with Gasteiger partial charge in [-0.1, -0.05) is 133 Å². The Kier molecular flexibility index (Phi) is 7.91. The van der Waals surface area contributed by atoms with Gasteiger partial charge in [-0.3, -0.25) is 0 Å². The molecule has 1 aliphatic carbocycles. The Morgan fingerprint density at radius 2 is 1.08 bits per heavy atom. The van der Waals surface area contributed by atoms with Crippen LogP contribution in [0.25, 0.3) is 92.6 Å². The van der Waals surface area contributed by atoms with Gasteiger partial charge < -0.3 is 13.7 Å². The number of hydrogen-bond donors (Lipinski definition) is 0. The van der Waals surface area contributed by atoms with E-state index in [2.05, 4.69) is 193 Å². The molecule has 0 bridgehead atoms. The van der Waals surface area contributed by atoms with Gasteiger partial charge in [-0.25, -0.2) is 0 Å². The molecule has 62 heavy (non-hydrogen) atoms. The molecule has 292 valence electrons. The molecule has 0 amide bonds. The largest absolute Gasteiger partial charge is 0.456 e. The van der Waals surface area contributed by atoms with E-state index >= 15 is 0 Å². The summed E-state index contributed by atoms with van der Waals surface area (Å²) in [7, 11) is 0. The van der Waals surface area contributed by atoms with Crippen molar-refractivity contribution in [2.45, 2.75) is 12.8 Å². The molecular weight excluding hydrogens is 775 g/mol. The summed E-state index contributed by atoms with van der Waals surface area (Å²) in [6, 6.07) is 70.0. The Hall–Kier alpha value is -7.66. The van der Waals surface area contributed by atoms with Crippen molar-refractivity contribution in [3.63, 3.8) is 0 Å². The summed E-state index contributed by atoms with van der Waals surface area (Å²) < 4.78 is 14.3. The molecular formula is C58H37NO2S. The number of benzene rings is 9. The summed E-state index contributed by atoms with van der Waals surface area (Å²) in [5.74, 6) is 0. The number of aryl methyl sites for hydroxylation is 1. The molecule has 9 aromatic carbocycles. The molecule has 0 unspecified atom stereocenters. The number of fused-ring (bicyclic) bond motifs is 10.